The molecule has 2 heterocycles. The van der Waals surface area contributed by atoms with E-state index in [2.05, 4.69) is 15.5 Å². The fourth-order valence-corrected chi connectivity index (χ4v) is 3.60. The van der Waals surface area contributed by atoms with Gasteiger partial charge in [0.1, 0.15) is 0 Å². The number of phenolic OH excluding ortho intramolecular Hbond substituents is 2. The van der Waals surface area contributed by atoms with Crippen LogP contribution in [0.1, 0.15) is 31.2 Å². The number of nitrogens with one attached hydrogen (secondary N) is 1. The first kappa shape index (κ1) is 12.6. The zero-order valence-electron chi connectivity index (χ0n) is 11.5. The highest BCUT2D eigenvalue weighted by molar-refractivity contribution is 5.59. The van der Waals surface area contributed by atoms with E-state index >= 15 is 0 Å². The van der Waals surface area contributed by atoms with Gasteiger partial charge in [0.05, 0.1) is 6.04 Å². The van der Waals surface area contributed by atoms with Crippen LogP contribution >= 0.6 is 0 Å². The highest BCUT2D eigenvalue weighted by Crippen LogP contribution is 2.44. The van der Waals surface area contributed by atoms with Crippen LogP contribution in [0.4, 0.5) is 0 Å². The van der Waals surface area contributed by atoms with Gasteiger partial charge in [-0.25, -0.2) is 0 Å². The van der Waals surface area contributed by atoms with E-state index in [4.69, 9.17) is 4.52 Å². The van der Waals surface area contributed by atoms with Crippen molar-refractivity contribution in [3.63, 3.8) is 0 Å². The Labute approximate surface area is 121 Å². The van der Waals surface area contributed by atoms with Crippen molar-refractivity contribution >= 4 is 0 Å². The Morgan fingerprint density at radius 3 is 2.95 bits per heavy atom. The molecule has 6 heteroatoms. The second kappa shape index (κ2) is 4.73. The molecule has 1 aromatic carbocycles. The van der Waals surface area contributed by atoms with Gasteiger partial charge in [0.25, 0.3) is 0 Å². The minimum atomic E-state index is -0.186. The average molecular weight is 287 g/mol. The minimum absolute atomic E-state index is 0.143. The van der Waals surface area contributed by atoms with Gasteiger partial charge in [-0.1, -0.05) is 11.6 Å². The third kappa shape index (κ3) is 2.06. The van der Waals surface area contributed by atoms with E-state index in [0.29, 0.717) is 23.2 Å². The molecule has 2 aliphatic rings. The maximum atomic E-state index is 9.55. The summed E-state index contributed by atoms with van der Waals surface area (Å²) in [5.74, 6) is 2.02. The molecular weight excluding hydrogens is 270 g/mol. The van der Waals surface area contributed by atoms with Crippen molar-refractivity contribution in [1.29, 1.82) is 0 Å². The van der Waals surface area contributed by atoms with Crippen molar-refractivity contribution in [3.8, 4) is 22.9 Å². The summed E-state index contributed by atoms with van der Waals surface area (Å²) in [6.45, 7) is 1.02. The summed E-state index contributed by atoms with van der Waals surface area (Å²) < 4.78 is 5.41. The summed E-state index contributed by atoms with van der Waals surface area (Å²) in [6.07, 6.45) is 3.77. The molecule has 0 amide bonds. The lowest BCUT2D eigenvalue weighted by Gasteiger charge is -2.13. The zero-order chi connectivity index (χ0) is 14.4. The Balaban J connectivity index is 1.62. The number of hydrogen-bond donors (Lipinski definition) is 3. The third-order valence-electron chi connectivity index (χ3n) is 4.69. The molecule has 1 aliphatic carbocycles. The number of fused-ring (bicyclic) bond motifs is 1. The predicted octanol–water partition coefficient (Wildman–Crippen LogP) is 2.21. The van der Waals surface area contributed by atoms with Crippen molar-refractivity contribution in [1.82, 2.24) is 15.5 Å². The molecule has 6 nitrogen and oxygen atoms in total. The molecular formula is C15H17N3O3. The van der Waals surface area contributed by atoms with E-state index in [-0.39, 0.29) is 17.5 Å². The van der Waals surface area contributed by atoms with E-state index in [1.165, 1.54) is 31.4 Å². The van der Waals surface area contributed by atoms with Gasteiger partial charge >= 0.3 is 0 Å². The second-order valence-electron chi connectivity index (χ2n) is 5.90. The van der Waals surface area contributed by atoms with Crippen LogP contribution in [0.2, 0.25) is 0 Å². The van der Waals surface area contributed by atoms with E-state index < -0.39 is 0 Å². The number of hydrogen-bond acceptors (Lipinski definition) is 6. The summed E-state index contributed by atoms with van der Waals surface area (Å²) in [6, 6.07) is 4.65. The first-order valence-electron chi connectivity index (χ1n) is 7.32. The Kier molecular flexibility index (Phi) is 2.85. The van der Waals surface area contributed by atoms with Crippen LogP contribution in [-0.4, -0.2) is 26.9 Å². The first-order valence-corrected chi connectivity index (χ1v) is 7.32. The van der Waals surface area contributed by atoms with Crippen molar-refractivity contribution in [3.05, 3.63) is 24.1 Å². The summed E-state index contributed by atoms with van der Waals surface area (Å²) in [5, 5.41) is 26.4. The van der Waals surface area contributed by atoms with Gasteiger partial charge in [-0.15, -0.1) is 0 Å². The predicted molar refractivity (Wildman–Crippen MR) is 74.6 cm³/mol. The van der Waals surface area contributed by atoms with Crippen LogP contribution in [0.25, 0.3) is 11.4 Å². The molecule has 0 bridgehead atoms. The standard InChI is InChI=1S/C15H17N3O3/c19-11-5-4-8(6-12(11)20)14-17-15(21-18-14)13-10-3-1-2-9(10)7-16-13/h4-6,9-10,13,16,19-20H,1-3,7H2. The van der Waals surface area contributed by atoms with E-state index in [1.54, 1.807) is 6.07 Å². The third-order valence-corrected chi connectivity index (χ3v) is 4.69. The van der Waals surface area contributed by atoms with Crippen LogP contribution in [0, 0.1) is 11.8 Å². The Morgan fingerprint density at radius 1 is 1.19 bits per heavy atom. The van der Waals surface area contributed by atoms with Crippen LogP contribution in [0.3, 0.4) is 0 Å². The molecule has 1 aliphatic heterocycles. The highest BCUT2D eigenvalue weighted by atomic mass is 16.5. The average Bonchev–Trinajstić information content (AvgIpc) is 3.16. The second-order valence-corrected chi connectivity index (χ2v) is 5.90. The maximum absolute atomic E-state index is 9.55. The molecule has 3 atom stereocenters. The fraction of sp³-hybridized carbons (Fsp3) is 0.467. The van der Waals surface area contributed by atoms with Crippen molar-refractivity contribution in [2.75, 3.05) is 6.54 Å². The van der Waals surface area contributed by atoms with Gasteiger partial charge in [0, 0.05) is 5.56 Å². The molecule has 3 N–H and O–H groups in total. The lowest BCUT2D eigenvalue weighted by Crippen LogP contribution is -2.18. The molecule has 4 rings (SSSR count). The molecule has 2 aromatic rings. The Bertz CT molecular complexity index is 670. The van der Waals surface area contributed by atoms with Crippen LogP contribution in [-0.2, 0) is 0 Å². The number of phenols is 2. The zero-order valence-corrected chi connectivity index (χ0v) is 11.5. The van der Waals surface area contributed by atoms with Crippen molar-refractivity contribution < 1.29 is 14.7 Å². The molecule has 21 heavy (non-hydrogen) atoms. The van der Waals surface area contributed by atoms with Crippen LogP contribution < -0.4 is 5.32 Å². The van der Waals surface area contributed by atoms with E-state index in [1.807, 2.05) is 0 Å². The number of benzene rings is 1. The molecule has 0 spiro atoms. The summed E-state index contributed by atoms with van der Waals surface area (Å²) in [5.41, 5.74) is 0.626. The maximum Gasteiger partial charge on any atom is 0.244 e. The SMILES string of the molecule is Oc1ccc(-c2noc(C3NCC4CCCC43)n2)cc1O. The molecule has 0 radical (unpaired) electrons. The monoisotopic (exact) mass is 287 g/mol. The number of aromatic hydroxyl groups is 2. The summed E-state index contributed by atoms with van der Waals surface area (Å²) in [4.78, 5) is 4.46. The Morgan fingerprint density at radius 2 is 2.10 bits per heavy atom. The van der Waals surface area contributed by atoms with Gasteiger partial charge in [-0.2, -0.15) is 4.98 Å². The minimum Gasteiger partial charge on any atom is -0.504 e. The largest absolute Gasteiger partial charge is 0.504 e. The van der Waals surface area contributed by atoms with Gasteiger partial charge in [-0.3, -0.25) is 0 Å². The normalized spacial score (nSPS) is 27.9. The topological polar surface area (TPSA) is 91.4 Å². The lowest BCUT2D eigenvalue weighted by atomic mass is 9.94. The highest BCUT2D eigenvalue weighted by Gasteiger charge is 2.42. The van der Waals surface area contributed by atoms with E-state index in [9.17, 15) is 10.2 Å². The molecule has 1 saturated carbocycles. The van der Waals surface area contributed by atoms with Gasteiger partial charge in [0.2, 0.25) is 11.7 Å². The fourth-order valence-electron chi connectivity index (χ4n) is 3.60. The van der Waals surface area contributed by atoms with E-state index in [0.717, 1.165) is 12.5 Å². The Hall–Kier alpha value is -2.08. The van der Waals surface area contributed by atoms with Crippen molar-refractivity contribution in [2.24, 2.45) is 11.8 Å². The molecule has 1 saturated heterocycles. The van der Waals surface area contributed by atoms with Crippen LogP contribution in [0.5, 0.6) is 11.5 Å². The number of aromatic nitrogens is 2. The lowest BCUT2D eigenvalue weighted by molar-refractivity contribution is 0.302. The number of rotatable bonds is 2. The van der Waals surface area contributed by atoms with Gasteiger partial charge < -0.3 is 20.1 Å². The first-order chi connectivity index (χ1) is 10.2. The molecule has 1 aromatic heterocycles. The van der Waals surface area contributed by atoms with Crippen LogP contribution in [0.15, 0.2) is 22.7 Å². The van der Waals surface area contributed by atoms with Gasteiger partial charge in [0.15, 0.2) is 11.5 Å². The van der Waals surface area contributed by atoms with Crippen molar-refractivity contribution in [2.45, 2.75) is 25.3 Å². The number of nitrogens with zero attached hydrogens (tertiary/aromatic N) is 2. The summed E-state index contributed by atoms with van der Waals surface area (Å²) >= 11 is 0. The molecule has 110 valence electrons. The smallest absolute Gasteiger partial charge is 0.244 e. The molecule has 3 unspecified atom stereocenters. The summed E-state index contributed by atoms with van der Waals surface area (Å²) in [7, 11) is 0. The van der Waals surface area contributed by atoms with Gasteiger partial charge in [-0.05, 0) is 49.4 Å². The quantitative estimate of drug-likeness (QED) is 0.733. The molecule has 2 fully saturated rings.